The highest BCUT2D eigenvalue weighted by atomic mass is 35.5. The van der Waals surface area contributed by atoms with E-state index in [1.165, 1.54) is 6.42 Å². The lowest BCUT2D eigenvalue weighted by molar-refractivity contribution is 0.306. The summed E-state index contributed by atoms with van der Waals surface area (Å²) in [7, 11) is 0. The van der Waals surface area contributed by atoms with Crippen molar-refractivity contribution in [2.75, 3.05) is 19.6 Å². The lowest BCUT2D eigenvalue weighted by atomic mass is 10.1. The second kappa shape index (κ2) is 6.04. The van der Waals surface area contributed by atoms with Crippen LogP contribution in [0.1, 0.15) is 31.7 Å². The predicted molar refractivity (Wildman–Crippen MR) is 74.7 cm³/mol. The minimum Gasteiger partial charge on any atom is -0.330 e. The molecule has 102 valence electrons. The van der Waals surface area contributed by atoms with Crippen molar-refractivity contribution in [1.29, 1.82) is 0 Å². The van der Waals surface area contributed by atoms with Gasteiger partial charge < -0.3 is 5.73 Å². The molecule has 1 unspecified atom stereocenters. The summed E-state index contributed by atoms with van der Waals surface area (Å²) in [4.78, 5) is 2.44. The molecular weight excluding hydrogens is 248 g/mol. The van der Waals surface area contributed by atoms with Crippen molar-refractivity contribution in [3.63, 3.8) is 0 Å². The molecule has 0 radical (unpaired) electrons. The second-order valence-electron chi connectivity index (χ2n) is 5.00. The maximum Gasteiger partial charge on any atom is 0.0863 e. The topological polar surface area (TPSA) is 47.1 Å². The average molecular weight is 271 g/mol. The molecule has 1 aromatic heterocycles. The first-order valence-corrected chi connectivity index (χ1v) is 7.23. The van der Waals surface area contributed by atoms with Gasteiger partial charge in [-0.05, 0) is 38.8 Å². The van der Waals surface area contributed by atoms with Crippen LogP contribution in [0.15, 0.2) is 0 Å². The van der Waals surface area contributed by atoms with Gasteiger partial charge in [-0.25, -0.2) is 0 Å². The molecule has 0 bridgehead atoms. The number of nitrogens with zero attached hydrogens (tertiary/aromatic N) is 3. The average Bonchev–Trinajstić information content (AvgIpc) is 2.96. The summed E-state index contributed by atoms with van der Waals surface area (Å²) in [5.41, 5.74) is 7.91. The molecule has 18 heavy (non-hydrogen) atoms. The zero-order valence-electron chi connectivity index (χ0n) is 11.3. The van der Waals surface area contributed by atoms with Gasteiger partial charge in [0.15, 0.2) is 0 Å². The molecule has 2 N–H and O–H groups in total. The molecule has 0 aliphatic carbocycles. The molecule has 0 amide bonds. The van der Waals surface area contributed by atoms with Gasteiger partial charge in [0.05, 0.1) is 16.4 Å². The highest BCUT2D eigenvalue weighted by Gasteiger charge is 2.24. The SMILES string of the molecule is CCc1nn(CC)c(CN2CCC(CN)C2)c1Cl. The number of nitrogens with two attached hydrogens (primary N) is 1. The molecule has 1 fully saturated rings. The molecule has 1 atom stereocenters. The molecule has 2 heterocycles. The lowest BCUT2D eigenvalue weighted by Gasteiger charge is -2.16. The number of hydrogen-bond donors (Lipinski definition) is 1. The van der Waals surface area contributed by atoms with E-state index in [0.717, 1.165) is 55.6 Å². The Morgan fingerprint density at radius 1 is 1.44 bits per heavy atom. The molecule has 1 aliphatic heterocycles. The minimum atomic E-state index is 0.646. The summed E-state index contributed by atoms with van der Waals surface area (Å²) in [6, 6.07) is 0. The third-order valence-electron chi connectivity index (χ3n) is 3.77. The van der Waals surface area contributed by atoms with Crippen molar-refractivity contribution >= 4 is 11.6 Å². The van der Waals surface area contributed by atoms with Gasteiger partial charge in [0, 0.05) is 19.6 Å². The molecular formula is C13H23ClN4. The van der Waals surface area contributed by atoms with Crippen LogP contribution in [-0.4, -0.2) is 34.3 Å². The van der Waals surface area contributed by atoms with Crippen LogP contribution >= 0.6 is 11.6 Å². The van der Waals surface area contributed by atoms with Crippen LogP contribution in [0, 0.1) is 5.92 Å². The first-order chi connectivity index (χ1) is 8.69. The van der Waals surface area contributed by atoms with E-state index < -0.39 is 0 Å². The normalized spacial score (nSPS) is 20.8. The lowest BCUT2D eigenvalue weighted by Crippen LogP contribution is -2.24. The summed E-state index contributed by atoms with van der Waals surface area (Å²) in [5, 5.41) is 5.42. The molecule has 0 aromatic carbocycles. The van der Waals surface area contributed by atoms with Gasteiger partial charge in [0.2, 0.25) is 0 Å². The molecule has 0 saturated carbocycles. The summed E-state index contributed by atoms with van der Waals surface area (Å²) in [6.07, 6.45) is 2.10. The van der Waals surface area contributed by atoms with Gasteiger partial charge in [-0.2, -0.15) is 5.10 Å². The fraction of sp³-hybridized carbons (Fsp3) is 0.769. The van der Waals surface area contributed by atoms with Crippen LogP contribution < -0.4 is 5.73 Å². The third-order valence-corrected chi connectivity index (χ3v) is 4.21. The Kier molecular flexibility index (Phi) is 4.65. The van der Waals surface area contributed by atoms with E-state index in [1.54, 1.807) is 0 Å². The van der Waals surface area contributed by atoms with E-state index in [0.29, 0.717) is 5.92 Å². The number of hydrogen-bond acceptors (Lipinski definition) is 3. The Balaban J connectivity index is 2.11. The maximum atomic E-state index is 6.42. The standard InChI is InChI=1S/C13H23ClN4/c1-3-11-13(14)12(18(4-2)16-11)9-17-6-5-10(7-15)8-17/h10H,3-9,15H2,1-2H3. The smallest absolute Gasteiger partial charge is 0.0863 e. The highest BCUT2D eigenvalue weighted by molar-refractivity contribution is 6.31. The summed E-state index contributed by atoms with van der Waals surface area (Å²) in [5.74, 6) is 0.646. The molecule has 1 aromatic rings. The van der Waals surface area contributed by atoms with Crippen molar-refractivity contribution in [3.8, 4) is 0 Å². The van der Waals surface area contributed by atoms with Crippen molar-refractivity contribution < 1.29 is 0 Å². The van der Waals surface area contributed by atoms with E-state index in [1.807, 2.05) is 4.68 Å². The van der Waals surface area contributed by atoms with Gasteiger partial charge in [-0.15, -0.1) is 0 Å². The largest absolute Gasteiger partial charge is 0.330 e. The summed E-state index contributed by atoms with van der Waals surface area (Å²) < 4.78 is 2.04. The molecule has 4 nitrogen and oxygen atoms in total. The van der Waals surface area contributed by atoms with Gasteiger partial charge in [-0.1, -0.05) is 18.5 Å². The first kappa shape index (κ1) is 13.8. The molecule has 1 aliphatic rings. The van der Waals surface area contributed by atoms with E-state index in [4.69, 9.17) is 17.3 Å². The predicted octanol–water partition coefficient (Wildman–Crippen LogP) is 1.90. The van der Waals surface area contributed by atoms with Crippen molar-refractivity contribution in [2.45, 2.75) is 39.8 Å². The van der Waals surface area contributed by atoms with Gasteiger partial charge in [0.1, 0.15) is 0 Å². The minimum absolute atomic E-state index is 0.646. The first-order valence-electron chi connectivity index (χ1n) is 6.86. The van der Waals surface area contributed by atoms with E-state index >= 15 is 0 Å². The zero-order chi connectivity index (χ0) is 13.1. The Morgan fingerprint density at radius 2 is 2.22 bits per heavy atom. The highest BCUT2D eigenvalue weighted by Crippen LogP contribution is 2.25. The van der Waals surface area contributed by atoms with E-state index in [-0.39, 0.29) is 0 Å². The molecule has 0 spiro atoms. The van der Waals surface area contributed by atoms with Crippen LogP contribution in [0.5, 0.6) is 0 Å². The molecule has 2 rings (SSSR count). The van der Waals surface area contributed by atoms with E-state index in [2.05, 4.69) is 23.8 Å². The number of halogens is 1. The number of aromatic nitrogens is 2. The molecule has 1 saturated heterocycles. The van der Waals surface area contributed by atoms with Crippen LogP contribution in [-0.2, 0) is 19.5 Å². The van der Waals surface area contributed by atoms with Crippen LogP contribution in [0.3, 0.4) is 0 Å². The van der Waals surface area contributed by atoms with Crippen LogP contribution in [0.25, 0.3) is 0 Å². The van der Waals surface area contributed by atoms with Crippen molar-refractivity contribution in [1.82, 2.24) is 14.7 Å². The summed E-state index contributed by atoms with van der Waals surface area (Å²) >= 11 is 6.42. The second-order valence-corrected chi connectivity index (χ2v) is 5.38. The van der Waals surface area contributed by atoms with E-state index in [9.17, 15) is 0 Å². The third kappa shape index (κ3) is 2.71. The maximum absolute atomic E-state index is 6.42. The Hall–Kier alpha value is -0.580. The van der Waals surface area contributed by atoms with Crippen molar-refractivity contribution in [2.24, 2.45) is 11.7 Å². The Labute approximate surface area is 114 Å². The van der Waals surface area contributed by atoms with Crippen LogP contribution in [0.2, 0.25) is 5.02 Å². The van der Waals surface area contributed by atoms with Crippen LogP contribution in [0.4, 0.5) is 0 Å². The number of likely N-dealkylation sites (tertiary alicyclic amines) is 1. The monoisotopic (exact) mass is 270 g/mol. The number of rotatable bonds is 5. The Bertz CT molecular complexity index is 402. The zero-order valence-corrected chi connectivity index (χ0v) is 12.1. The van der Waals surface area contributed by atoms with Crippen molar-refractivity contribution in [3.05, 3.63) is 16.4 Å². The number of aryl methyl sites for hydroxylation is 2. The Morgan fingerprint density at radius 3 is 2.78 bits per heavy atom. The van der Waals surface area contributed by atoms with Gasteiger partial charge >= 0.3 is 0 Å². The fourth-order valence-electron chi connectivity index (χ4n) is 2.63. The summed E-state index contributed by atoms with van der Waals surface area (Å²) in [6.45, 7) is 8.98. The van der Waals surface area contributed by atoms with Gasteiger partial charge in [0.25, 0.3) is 0 Å². The molecule has 5 heteroatoms. The quantitative estimate of drug-likeness (QED) is 0.889. The fourth-order valence-corrected chi connectivity index (χ4v) is 2.96. The van der Waals surface area contributed by atoms with Gasteiger partial charge in [-0.3, -0.25) is 9.58 Å².